The Bertz CT molecular complexity index is 555. The van der Waals surface area contributed by atoms with Crippen molar-refractivity contribution in [3.63, 3.8) is 0 Å². The molecule has 0 radical (unpaired) electrons. The second-order valence-corrected chi connectivity index (χ2v) is 3.96. The van der Waals surface area contributed by atoms with Crippen LogP contribution in [-0.2, 0) is 4.74 Å². The normalized spacial score (nSPS) is 9.19. The van der Waals surface area contributed by atoms with E-state index in [1.54, 1.807) is 54.6 Å². The first-order valence-corrected chi connectivity index (χ1v) is 6.35. The highest BCUT2D eigenvalue weighted by Crippen LogP contribution is 2.00. The Labute approximate surface area is 123 Å². The van der Waals surface area contributed by atoms with Gasteiger partial charge in [-0.1, -0.05) is 36.4 Å². The summed E-state index contributed by atoms with van der Waals surface area (Å²) in [6.45, 7) is 0.631. The van der Waals surface area contributed by atoms with E-state index >= 15 is 0 Å². The molecule has 5 heteroatoms. The number of esters is 1. The SMILES string of the molecule is NCCOC(=O)c1ccccc1.O=C(O)c1ccccc1. The van der Waals surface area contributed by atoms with Crippen molar-refractivity contribution in [2.45, 2.75) is 0 Å². The monoisotopic (exact) mass is 287 g/mol. The molecule has 2 aromatic carbocycles. The lowest BCUT2D eigenvalue weighted by Gasteiger charge is -2.01. The third-order valence-electron chi connectivity index (χ3n) is 2.38. The maximum Gasteiger partial charge on any atom is 0.338 e. The zero-order valence-electron chi connectivity index (χ0n) is 11.4. The summed E-state index contributed by atoms with van der Waals surface area (Å²) in [5.74, 6) is -1.20. The number of ether oxygens (including phenoxy) is 1. The van der Waals surface area contributed by atoms with E-state index in [4.69, 9.17) is 15.6 Å². The molecule has 2 aromatic rings. The largest absolute Gasteiger partial charge is 0.478 e. The van der Waals surface area contributed by atoms with E-state index in [0.29, 0.717) is 17.7 Å². The van der Waals surface area contributed by atoms with Crippen LogP contribution in [0.3, 0.4) is 0 Å². The van der Waals surface area contributed by atoms with Gasteiger partial charge in [0.25, 0.3) is 0 Å². The van der Waals surface area contributed by atoms with Gasteiger partial charge in [-0.3, -0.25) is 0 Å². The van der Waals surface area contributed by atoms with E-state index in [1.165, 1.54) is 0 Å². The average Bonchev–Trinajstić information content (AvgIpc) is 2.55. The Hall–Kier alpha value is -2.66. The molecule has 0 atom stereocenters. The summed E-state index contributed by atoms with van der Waals surface area (Å²) >= 11 is 0. The number of rotatable bonds is 4. The number of nitrogens with two attached hydrogens (primary N) is 1. The third kappa shape index (κ3) is 6.35. The maximum absolute atomic E-state index is 11.1. The number of hydrogen-bond donors (Lipinski definition) is 2. The van der Waals surface area contributed by atoms with E-state index in [2.05, 4.69) is 0 Å². The van der Waals surface area contributed by atoms with Gasteiger partial charge in [-0.05, 0) is 24.3 Å². The number of carbonyl (C=O) groups excluding carboxylic acids is 1. The Morgan fingerprint density at radius 2 is 1.38 bits per heavy atom. The molecule has 0 fully saturated rings. The summed E-state index contributed by atoms with van der Waals surface area (Å²) in [5, 5.41) is 8.38. The number of hydrogen-bond acceptors (Lipinski definition) is 4. The molecule has 5 nitrogen and oxygen atoms in total. The smallest absolute Gasteiger partial charge is 0.338 e. The van der Waals surface area contributed by atoms with Crippen molar-refractivity contribution in [2.75, 3.05) is 13.2 Å². The number of carbonyl (C=O) groups is 2. The van der Waals surface area contributed by atoms with Crippen LogP contribution in [0.15, 0.2) is 60.7 Å². The van der Waals surface area contributed by atoms with Gasteiger partial charge < -0.3 is 15.6 Å². The molecule has 0 unspecified atom stereocenters. The second-order valence-electron chi connectivity index (χ2n) is 3.96. The Kier molecular flexibility index (Phi) is 7.24. The molecule has 0 saturated heterocycles. The molecule has 0 saturated carbocycles. The number of carboxylic acid groups (broad SMARTS) is 1. The first kappa shape index (κ1) is 16.4. The molecule has 0 spiro atoms. The summed E-state index contributed by atoms with van der Waals surface area (Å²) in [6.07, 6.45) is 0. The highest BCUT2D eigenvalue weighted by atomic mass is 16.5. The fourth-order valence-electron chi connectivity index (χ4n) is 1.39. The summed E-state index contributed by atoms with van der Waals surface area (Å²) in [5.41, 5.74) is 6.07. The van der Waals surface area contributed by atoms with Gasteiger partial charge >= 0.3 is 11.9 Å². The van der Waals surface area contributed by atoms with Crippen molar-refractivity contribution in [1.82, 2.24) is 0 Å². The fourth-order valence-corrected chi connectivity index (χ4v) is 1.39. The predicted octanol–water partition coefficient (Wildman–Crippen LogP) is 2.19. The van der Waals surface area contributed by atoms with Gasteiger partial charge in [-0.15, -0.1) is 0 Å². The molecule has 21 heavy (non-hydrogen) atoms. The summed E-state index contributed by atoms with van der Waals surface area (Å²) in [7, 11) is 0. The van der Waals surface area contributed by atoms with Crippen LogP contribution < -0.4 is 5.73 Å². The van der Waals surface area contributed by atoms with Gasteiger partial charge in [-0.25, -0.2) is 9.59 Å². The van der Waals surface area contributed by atoms with Gasteiger partial charge in [-0.2, -0.15) is 0 Å². The highest BCUT2D eigenvalue weighted by molar-refractivity contribution is 5.89. The van der Waals surface area contributed by atoms with Crippen molar-refractivity contribution >= 4 is 11.9 Å². The maximum atomic E-state index is 11.1. The van der Waals surface area contributed by atoms with Crippen molar-refractivity contribution in [1.29, 1.82) is 0 Å². The van der Waals surface area contributed by atoms with Crippen LogP contribution in [-0.4, -0.2) is 30.2 Å². The molecule has 0 aliphatic rings. The van der Waals surface area contributed by atoms with Gasteiger partial charge in [0.05, 0.1) is 11.1 Å². The van der Waals surface area contributed by atoms with Crippen LogP contribution in [0.4, 0.5) is 0 Å². The lowest BCUT2D eigenvalue weighted by atomic mass is 10.2. The predicted molar refractivity (Wildman–Crippen MR) is 79.2 cm³/mol. The van der Waals surface area contributed by atoms with Gasteiger partial charge in [0.2, 0.25) is 0 Å². The highest BCUT2D eigenvalue weighted by Gasteiger charge is 2.03. The lowest BCUT2D eigenvalue weighted by molar-refractivity contribution is 0.0516. The quantitative estimate of drug-likeness (QED) is 0.841. The standard InChI is InChI=1S/C9H11NO2.C7H6O2/c10-6-7-12-9(11)8-4-2-1-3-5-8;8-7(9)6-4-2-1-3-5-6/h1-5H,6-7,10H2;1-5H,(H,8,9). The fraction of sp³-hybridized carbons (Fsp3) is 0.125. The molecule has 0 aliphatic heterocycles. The van der Waals surface area contributed by atoms with Crippen LogP contribution in [0.2, 0.25) is 0 Å². The second kappa shape index (κ2) is 9.28. The molecule has 0 aliphatic carbocycles. The zero-order valence-corrected chi connectivity index (χ0v) is 11.4. The Morgan fingerprint density at radius 3 is 1.76 bits per heavy atom. The number of aromatic carboxylic acids is 1. The van der Waals surface area contributed by atoms with Gasteiger partial charge in [0.1, 0.15) is 6.61 Å². The van der Waals surface area contributed by atoms with Crippen molar-refractivity contribution < 1.29 is 19.4 Å². The van der Waals surface area contributed by atoms with Crippen LogP contribution in [0.1, 0.15) is 20.7 Å². The summed E-state index contributed by atoms with van der Waals surface area (Å²) in [6, 6.07) is 17.1. The topological polar surface area (TPSA) is 89.6 Å². The molecule has 0 aromatic heterocycles. The van der Waals surface area contributed by atoms with E-state index in [1.807, 2.05) is 6.07 Å². The molecule has 0 bridgehead atoms. The number of benzene rings is 2. The van der Waals surface area contributed by atoms with Crippen LogP contribution in [0.25, 0.3) is 0 Å². The minimum absolute atomic E-state index is 0.272. The average molecular weight is 287 g/mol. The molecule has 0 heterocycles. The minimum atomic E-state index is -0.879. The van der Waals surface area contributed by atoms with E-state index in [9.17, 15) is 9.59 Å². The van der Waals surface area contributed by atoms with Crippen molar-refractivity contribution in [2.24, 2.45) is 5.73 Å². The first-order valence-electron chi connectivity index (χ1n) is 6.35. The molecule has 2 rings (SSSR count). The van der Waals surface area contributed by atoms with Crippen molar-refractivity contribution in [3.8, 4) is 0 Å². The van der Waals surface area contributed by atoms with E-state index in [-0.39, 0.29) is 12.6 Å². The third-order valence-corrected chi connectivity index (χ3v) is 2.38. The van der Waals surface area contributed by atoms with Crippen LogP contribution in [0, 0.1) is 0 Å². The molecule has 110 valence electrons. The van der Waals surface area contributed by atoms with E-state index in [0.717, 1.165) is 0 Å². The first-order chi connectivity index (χ1) is 10.1. The number of carboxylic acids is 1. The zero-order chi connectivity index (χ0) is 15.5. The van der Waals surface area contributed by atoms with Crippen LogP contribution in [0.5, 0.6) is 0 Å². The Balaban J connectivity index is 0.000000219. The van der Waals surface area contributed by atoms with Gasteiger partial charge in [0, 0.05) is 6.54 Å². The van der Waals surface area contributed by atoms with E-state index < -0.39 is 5.97 Å². The molecular formula is C16H17NO4. The lowest BCUT2D eigenvalue weighted by Crippen LogP contribution is -2.13. The summed E-state index contributed by atoms with van der Waals surface area (Å²) in [4.78, 5) is 21.3. The molecular weight excluding hydrogens is 270 g/mol. The van der Waals surface area contributed by atoms with Crippen molar-refractivity contribution in [3.05, 3.63) is 71.8 Å². The minimum Gasteiger partial charge on any atom is -0.478 e. The Morgan fingerprint density at radius 1 is 0.905 bits per heavy atom. The molecule has 0 amide bonds. The van der Waals surface area contributed by atoms with Crippen LogP contribution >= 0.6 is 0 Å². The summed E-state index contributed by atoms with van der Waals surface area (Å²) < 4.78 is 4.81. The van der Waals surface area contributed by atoms with Gasteiger partial charge in [0.15, 0.2) is 0 Å². The molecule has 3 N–H and O–H groups in total.